The van der Waals surface area contributed by atoms with Crippen LogP contribution in [-0.4, -0.2) is 42.7 Å². The number of esters is 2. The van der Waals surface area contributed by atoms with Crippen molar-refractivity contribution in [2.75, 3.05) is 28.8 Å². The van der Waals surface area contributed by atoms with Gasteiger partial charge in [-0.2, -0.15) is 0 Å². The predicted molar refractivity (Wildman–Crippen MR) is 187 cm³/mol. The average Bonchev–Trinajstić information content (AvgIpc) is 3.66. The van der Waals surface area contributed by atoms with E-state index in [1.165, 1.54) is 13.8 Å². The zero-order chi connectivity index (χ0) is 33.7. The topological polar surface area (TPSA) is 93.2 Å². The largest absolute Gasteiger partial charge is 0.426 e. The maximum Gasteiger partial charge on any atom is 0.308 e. The van der Waals surface area contributed by atoms with Gasteiger partial charge >= 0.3 is 11.9 Å². The van der Waals surface area contributed by atoms with Gasteiger partial charge in [-0.05, 0) is 52.6 Å². The lowest BCUT2D eigenvalue weighted by Gasteiger charge is -2.21. The van der Waals surface area contributed by atoms with E-state index in [4.69, 9.17) is 21.1 Å². The second-order valence-electron chi connectivity index (χ2n) is 12.3. The molecular formula is C39H33ClN2O6. The zero-order valence-corrected chi connectivity index (χ0v) is 27.5. The summed E-state index contributed by atoms with van der Waals surface area (Å²) in [4.78, 5) is 55.4. The van der Waals surface area contributed by atoms with E-state index in [0.717, 1.165) is 44.8 Å². The second kappa shape index (κ2) is 12.4. The first kappa shape index (κ1) is 31.4. The molecule has 0 N–H and O–H groups in total. The molecule has 48 heavy (non-hydrogen) atoms. The van der Waals surface area contributed by atoms with Crippen molar-refractivity contribution in [3.05, 3.63) is 107 Å². The van der Waals surface area contributed by atoms with Gasteiger partial charge in [0.15, 0.2) is 0 Å². The van der Waals surface area contributed by atoms with Crippen LogP contribution in [0.5, 0.6) is 11.5 Å². The van der Waals surface area contributed by atoms with Crippen molar-refractivity contribution >= 4 is 68.3 Å². The Hall–Kier alpha value is -5.21. The molecule has 5 aromatic carbocycles. The molecule has 0 saturated heterocycles. The summed E-state index contributed by atoms with van der Waals surface area (Å²) >= 11 is 6.43. The van der Waals surface area contributed by atoms with Crippen LogP contribution in [0.1, 0.15) is 70.9 Å². The number of hydrogen-bond acceptors (Lipinski definition) is 6. The number of carbonyl (C=O) groups is 4. The molecule has 0 saturated carbocycles. The molecule has 0 radical (unpaired) electrons. The lowest BCUT2D eigenvalue weighted by molar-refractivity contribution is -0.132. The van der Waals surface area contributed by atoms with Crippen LogP contribution < -0.4 is 19.3 Å². The third-order valence-corrected chi connectivity index (χ3v) is 9.68. The molecule has 9 heteroatoms. The van der Waals surface area contributed by atoms with Gasteiger partial charge in [-0.3, -0.25) is 19.2 Å². The van der Waals surface area contributed by atoms with Crippen LogP contribution in [0.4, 0.5) is 11.4 Å². The highest BCUT2D eigenvalue weighted by Gasteiger charge is 2.37. The fraction of sp³-hybridized carbons (Fsp3) is 0.231. The minimum atomic E-state index is -0.452. The van der Waals surface area contributed by atoms with Gasteiger partial charge in [-0.25, -0.2) is 0 Å². The van der Waals surface area contributed by atoms with Gasteiger partial charge in [-0.15, -0.1) is 11.6 Å². The van der Waals surface area contributed by atoms with E-state index in [9.17, 15) is 19.2 Å². The van der Waals surface area contributed by atoms with Crippen LogP contribution in [0.25, 0.3) is 21.5 Å². The fourth-order valence-electron chi connectivity index (χ4n) is 7.22. The van der Waals surface area contributed by atoms with Crippen LogP contribution in [0, 0.1) is 0 Å². The summed E-state index contributed by atoms with van der Waals surface area (Å²) in [6.45, 7) is 5.66. The van der Waals surface area contributed by atoms with E-state index >= 15 is 0 Å². The minimum absolute atomic E-state index is 0.110. The Morgan fingerprint density at radius 3 is 1.44 bits per heavy atom. The highest BCUT2D eigenvalue weighted by atomic mass is 35.5. The van der Waals surface area contributed by atoms with E-state index < -0.39 is 11.9 Å². The molecule has 2 heterocycles. The molecule has 0 bridgehead atoms. The van der Waals surface area contributed by atoms with Crippen LogP contribution >= 0.6 is 11.6 Å². The molecule has 7 rings (SSSR count). The molecule has 8 nitrogen and oxygen atoms in total. The number of ether oxygens (including phenoxy) is 2. The summed E-state index contributed by atoms with van der Waals surface area (Å²) in [5.74, 6) is -0.236. The monoisotopic (exact) mass is 660 g/mol. The number of rotatable bonds is 6. The van der Waals surface area contributed by atoms with Crippen LogP contribution in [0.3, 0.4) is 0 Å². The molecule has 0 fully saturated rings. The minimum Gasteiger partial charge on any atom is -0.426 e. The summed E-state index contributed by atoms with van der Waals surface area (Å²) < 4.78 is 11.1. The number of alkyl halides is 1. The van der Waals surface area contributed by atoms with Gasteiger partial charge in [0.25, 0.3) is 11.8 Å². The molecule has 2 aliphatic heterocycles. The van der Waals surface area contributed by atoms with E-state index in [2.05, 4.69) is 6.92 Å². The number of amides is 2. The molecule has 0 spiro atoms. The zero-order valence-electron chi connectivity index (χ0n) is 26.8. The number of hydrogen-bond donors (Lipinski definition) is 0. The third-order valence-electron chi connectivity index (χ3n) is 9.31. The summed E-state index contributed by atoms with van der Waals surface area (Å²) in [6, 6.07) is 25.6. The fourth-order valence-corrected chi connectivity index (χ4v) is 7.47. The number of benzene rings is 5. The van der Waals surface area contributed by atoms with Gasteiger partial charge in [0.1, 0.15) is 11.5 Å². The quantitative estimate of drug-likeness (QED) is 0.104. The normalized spacial score (nSPS) is 16.6. The summed E-state index contributed by atoms with van der Waals surface area (Å²) in [6.07, 6.45) is 0.830. The Bertz CT molecular complexity index is 1990. The Balaban J connectivity index is 1.21. The molecular weight excluding hydrogens is 628 g/mol. The van der Waals surface area contributed by atoms with Gasteiger partial charge in [0.05, 0.1) is 11.4 Å². The molecule has 5 aromatic rings. The average molecular weight is 661 g/mol. The number of fused-ring (bicyclic) bond motifs is 6. The second-order valence-corrected chi connectivity index (χ2v) is 12.6. The molecule has 2 amide bonds. The van der Waals surface area contributed by atoms with Crippen molar-refractivity contribution in [3.63, 3.8) is 0 Å². The molecule has 0 aliphatic carbocycles. The molecule has 2 atom stereocenters. The lowest BCUT2D eigenvalue weighted by Crippen LogP contribution is -2.31. The summed E-state index contributed by atoms with van der Waals surface area (Å²) in [5.41, 5.74) is 4.21. The maximum atomic E-state index is 14.0. The van der Waals surface area contributed by atoms with E-state index in [1.54, 1.807) is 46.2 Å². The standard InChI is InChI=1S/C39H33ClN2O6/c1-4-24-20-41(32-17-34(47-22(2)43)28-9-5-7-11-30(28)36(24)32)38(45)25-13-15-26(16-14-25)39(46)42-21-27(19-40)37-31-12-8-6-10-29(31)35(18-33(37)42)48-23(3)44/h5-18,24,27H,4,19-21H2,1-3H3. The predicted octanol–water partition coefficient (Wildman–Crippen LogP) is 7.98. The first-order valence-corrected chi connectivity index (χ1v) is 16.5. The molecule has 242 valence electrons. The summed E-state index contributed by atoms with van der Waals surface area (Å²) in [7, 11) is 0. The van der Waals surface area contributed by atoms with Crippen LogP contribution in [0.15, 0.2) is 84.9 Å². The van der Waals surface area contributed by atoms with Gasteiger partial charge < -0.3 is 19.3 Å². The van der Waals surface area contributed by atoms with Crippen molar-refractivity contribution in [2.45, 2.75) is 39.0 Å². The van der Waals surface area contributed by atoms with Crippen molar-refractivity contribution < 1.29 is 28.7 Å². The first-order valence-electron chi connectivity index (χ1n) is 16.0. The lowest BCUT2D eigenvalue weighted by atomic mass is 9.93. The molecule has 2 aliphatic rings. The number of halogens is 1. The van der Waals surface area contributed by atoms with Gasteiger partial charge in [-0.1, -0.05) is 55.5 Å². The molecule has 0 aromatic heterocycles. The number of carbonyl (C=O) groups excluding carboxylic acids is 4. The number of anilines is 2. The van der Waals surface area contributed by atoms with Crippen LogP contribution in [-0.2, 0) is 9.59 Å². The van der Waals surface area contributed by atoms with Crippen molar-refractivity contribution in [1.29, 1.82) is 0 Å². The van der Waals surface area contributed by atoms with Crippen molar-refractivity contribution in [3.8, 4) is 11.5 Å². The van der Waals surface area contributed by atoms with Gasteiger partial charge in [0.2, 0.25) is 0 Å². The Morgan fingerprint density at radius 2 is 1.04 bits per heavy atom. The SMILES string of the molecule is CCC1CN(C(=O)c2ccc(C(=O)N3CC(CCl)c4c3cc(OC(C)=O)c3ccccc43)cc2)c2cc(OC(C)=O)c3ccccc3c21. The smallest absolute Gasteiger partial charge is 0.308 e. The van der Waals surface area contributed by atoms with E-state index in [-0.39, 0.29) is 23.7 Å². The van der Waals surface area contributed by atoms with Crippen LogP contribution in [0.2, 0.25) is 0 Å². The third kappa shape index (κ3) is 5.26. The number of nitrogens with zero attached hydrogens (tertiary/aromatic N) is 2. The highest BCUT2D eigenvalue weighted by Crippen LogP contribution is 2.48. The molecule has 2 unspecified atom stereocenters. The van der Waals surface area contributed by atoms with E-state index in [1.807, 2.05) is 48.5 Å². The summed E-state index contributed by atoms with van der Waals surface area (Å²) in [5, 5.41) is 3.45. The van der Waals surface area contributed by atoms with Gasteiger partial charge in [0, 0.05) is 78.7 Å². The Kier molecular flexibility index (Phi) is 8.13. The Morgan fingerprint density at radius 1 is 0.646 bits per heavy atom. The first-order chi connectivity index (χ1) is 23.2. The Labute approximate surface area is 282 Å². The van der Waals surface area contributed by atoms with Crippen molar-refractivity contribution in [2.24, 2.45) is 0 Å². The van der Waals surface area contributed by atoms with Crippen molar-refractivity contribution in [1.82, 2.24) is 0 Å². The van der Waals surface area contributed by atoms with E-state index in [0.29, 0.717) is 47.3 Å². The maximum absolute atomic E-state index is 14.0. The highest BCUT2D eigenvalue weighted by molar-refractivity contribution is 6.19.